The predicted molar refractivity (Wildman–Crippen MR) is 264 cm³/mol. The largest absolute Gasteiger partial charge is 0.466 e. The maximum absolute atomic E-state index is 14.8. The first kappa shape index (κ1) is 58.6. The van der Waals surface area contributed by atoms with Crippen LogP contribution in [-0.2, 0) is 44.4 Å². The SMILES string of the molecule is CCCCCCCCCCOC(=O)CCNC(=O)C(Cc1ccc(-c2ccccc2)cc1)N(C(OC(=O)CCCCCCC)C(C)C)C(C(OC(=O)CCCCCCC)C(C)C)P(=O)(O)O. The fraction of sp³-hybridized carbons (Fsp3) is 0.698. The molecule has 3 N–H and O–H groups in total. The number of carbonyl (C=O) groups is 4. The number of rotatable bonds is 37. The molecule has 0 radical (unpaired) electrons. The van der Waals surface area contributed by atoms with Gasteiger partial charge in [-0.1, -0.05) is 199 Å². The number of hydrogen-bond acceptors (Lipinski definition) is 9. The molecule has 0 saturated heterocycles. The third-order valence-electron chi connectivity index (χ3n) is 12.0. The summed E-state index contributed by atoms with van der Waals surface area (Å²) >= 11 is 0. The Hall–Kier alpha value is -3.57. The van der Waals surface area contributed by atoms with Crippen LogP contribution in [0.25, 0.3) is 11.1 Å². The Kier molecular flexibility index (Phi) is 30.0. The quantitative estimate of drug-likeness (QED) is 0.0194. The average molecular weight is 943 g/mol. The number of benzene rings is 2. The Bertz CT molecular complexity index is 1680. The fourth-order valence-electron chi connectivity index (χ4n) is 8.20. The van der Waals surface area contributed by atoms with Crippen LogP contribution in [0.2, 0.25) is 0 Å². The summed E-state index contributed by atoms with van der Waals surface area (Å²) < 4.78 is 31.9. The number of amides is 1. The first-order valence-corrected chi connectivity index (χ1v) is 27.1. The molecule has 0 spiro atoms. The maximum atomic E-state index is 14.8. The Morgan fingerprint density at radius 2 is 1.08 bits per heavy atom. The molecular weight excluding hydrogens is 856 g/mol. The van der Waals surface area contributed by atoms with E-state index in [4.69, 9.17) is 14.2 Å². The number of ether oxygens (including phenoxy) is 3. The van der Waals surface area contributed by atoms with Crippen molar-refractivity contribution in [2.24, 2.45) is 11.8 Å². The minimum atomic E-state index is -5.32. The van der Waals surface area contributed by atoms with E-state index in [1.54, 1.807) is 27.7 Å². The molecule has 0 bridgehead atoms. The van der Waals surface area contributed by atoms with Crippen molar-refractivity contribution in [3.63, 3.8) is 0 Å². The summed E-state index contributed by atoms with van der Waals surface area (Å²) in [5.41, 5.74) is 2.60. The van der Waals surface area contributed by atoms with Gasteiger partial charge < -0.3 is 29.3 Å². The van der Waals surface area contributed by atoms with E-state index in [0.29, 0.717) is 18.4 Å². The van der Waals surface area contributed by atoms with E-state index >= 15 is 0 Å². The summed E-state index contributed by atoms with van der Waals surface area (Å²) in [5, 5.41) is 2.86. The summed E-state index contributed by atoms with van der Waals surface area (Å²) in [6.45, 7) is 13.5. The van der Waals surface area contributed by atoms with Crippen molar-refractivity contribution in [1.29, 1.82) is 0 Å². The maximum Gasteiger partial charge on any atom is 0.346 e. The molecule has 1 amide bonds. The highest BCUT2D eigenvalue weighted by Gasteiger charge is 2.52. The van der Waals surface area contributed by atoms with E-state index in [2.05, 4.69) is 26.1 Å². The van der Waals surface area contributed by atoms with Crippen molar-refractivity contribution in [3.8, 4) is 11.1 Å². The summed E-state index contributed by atoms with van der Waals surface area (Å²) in [7, 11) is -5.32. The molecule has 0 fully saturated rings. The van der Waals surface area contributed by atoms with E-state index in [1.165, 1.54) is 30.6 Å². The number of unbranched alkanes of at least 4 members (excludes halogenated alkanes) is 15. The predicted octanol–water partition coefficient (Wildman–Crippen LogP) is 12.1. The number of hydrogen-bond donors (Lipinski definition) is 3. The zero-order valence-electron chi connectivity index (χ0n) is 41.7. The van der Waals surface area contributed by atoms with Crippen LogP contribution in [0.3, 0.4) is 0 Å². The van der Waals surface area contributed by atoms with Gasteiger partial charge >= 0.3 is 25.5 Å². The van der Waals surface area contributed by atoms with Crippen molar-refractivity contribution >= 4 is 31.4 Å². The topological polar surface area (TPSA) is 169 Å². The molecule has 66 heavy (non-hydrogen) atoms. The molecule has 0 aliphatic heterocycles. The van der Waals surface area contributed by atoms with Crippen LogP contribution in [-0.4, -0.2) is 75.8 Å². The molecule has 13 heteroatoms. The monoisotopic (exact) mass is 943 g/mol. The van der Waals surface area contributed by atoms with Gasteiger partial charge in [0.15, 0.2) is 12.0 Å². The Morgan fingerprint density at radius 1 is 0.591 bits per heavy atom. The van der Waals surface area contributed by atoms with Crippen LogP contribution in [0.4, 0.5) is 0 Å². The molecule has 2 rings (SSSR count). The number of carbonyl (C=O) groups excluding carboxylic acids is 4. The molecular formula is C53H87N2O10P. The van der Waals surface area contributed by atoms with Crippen molar-refractivity contribution in [3.05, 3.63) is 60.2 Å². The summed E-state index contributed by atoms with van der Waals surface area (Å²) in [4.78, 5) is 79.3. The molecule has 0 saturated carbocycles. The lowest BCUT2D eigenvalue weighted by Gasteiger charge is -2.46. The van der Waals surface area contributed by atoms with Crippen LogP contribution in [0.15, 0.2) is 54.6 Å². The third-order valence-corrected chi connectivity index (χ3v) is 13.2. The Balaban J connectivity index is 2.60. The van der Waals surface area contributed by atoms with Gasteiger partial charge in [-0.05, 0) is 48.3 Å². The first-order chi connectivity index (χ1) is 31.6. The van der Waals surface area contributed by atoms with Gasteiger partial charge in [0, 0.05) is 25.3 Å². The molecule has 2 aromatic rings. The second-order valence-corrected chi connectivity index (χ2v) is 20.3. The second kappa shape index (κ2) is 33.8. The summed E-state index contributed by atoms with van der Waals surface area (Å²) in [6, 6.07) is 16.0. The van der Waals surface area contributed by atoms with Crippen molar-refractivity contribution < 1.29 is 47.7 Å². The van der Waals surface area contributed by atoms with Crippen molar-refractivity contribution in [2.45, 2.75) is 214 Å². The number of nitrogens with one attached hydrogen (secondary N) is 1. The fourth-order valence-corrected chi connectivity index (χ4v) is 9.63. The molecule has 0 aromatic heterocycles. The lowest BCUT2D eigenvalue weighted by molar-refractivity contribution is -0.181. The molecule has 0 heterocycles. The highest BCUT2D eigenvalue weighted by atomic mass is 31.2. The van der Waals surface area contributed by atoms with Gasteiger partial charge in [0.1, 0.15) is 6.10 Å². The van der Waals surface area contributed by atoms with Crippen molar-refractivity contribution in [2.75, 3.05) is 13.2 Å². The molecule has 12 nitrogen and oxygen atoms in total. The van der Waals surface area contributed by atoms with Crippen LogP contribution in [0.1, 0.15) is 189 Å². The molecule has 0 aliphatic carbocycles. The van der Waals surface area contributed by atoms with E-state index < -0.39 is 67.4 Å². The zero-order valence-corrected chi connectivity index (χ0v) is 42.6. The van der Waals surface area contributed by atoms with Gasteiger partial charge in [0.05, 0.1) is 19.1 Å². The average Bonchev–Trinajstić information content (AvgIpc) is 3.28. The Morgan fingerprint density at radius 3 is 1.58 bits per heavy atom. The minimum absolute atomic E-state index is 0.0612. The normalized spacial score (nSPS) is 13.6. The van der Waals surface area contributed by atoms with Gasteiger partial charge in [0.2, 0.25) is 5.91 Å². The molecule has 374 valence electrons. The van der Waals surface area contributed by atoms with Crippen LogP contribution < -0.4 is 5.32 Å². The summed E-state index contributed by atoms with van der Waals surface area (Å²) in [6.07, 6.45) is 14.9. The van der Waals surface area contributed by atoms with Crippen LogP contribution in [0, 0.1) is 11.8 Å². The lowest BCUT2D eigenvalue weighted by atomic mass is 9.96. The highest BCUT2D eigenvalue weighted by Crippen LogP contribution is 2.49. The second-order valence-electron chi connectivity index (χ2n) is 18.6. The standard InChI is InChI=1S/C53H87N2O10P/c1-8-11-14-17-18-19-22-28-39-63-47(56)37-38-54-51(59)46(40-43-33-35-45(36-34-43)44-29-24-23-25-30-44)55(52(42(6)7)65-49(58)32-27-21-16-13-10-3)53(66(60,61)62)50(41(4)5)64-48(57)31-26-20-15-12-9-2/h23-25,29-30,33-36,41-42,46,50,52-53H,8-22,26-28,31-32,37-40H2,1-7H3,(H,54,59)(H2,60,61,62). The highest BCUT2D eigenvalue weighted by molar-refractivity contribution is 7.52. The van der Waals surface area contributed by atoms with Gasteiger partial charge in [-0.15, -0.1) is 0 Å². The van der Waals surface area contributed by atoms with E-state index in [-0.39, 0.29) is 38.8 Å². The number of nitrogens with zero attached hydrogens (tertiary/aromatic N) is 1. The van der Waals surface area contributed by atoms with Gasteiger partial charge in [0.25, 0.3) is 0 Å². The van der Waals surface area contributed by atoms with Crippen LogP contribution >= 0.6 is 7.60 Å². The number of esters is 3. The van der Waals surface area contributed by atoms with E-state index in [0.717, 1.165) is 88.2 Å². The van der Waals surface area contributed by atoms with Gasteiger partial charge in [-0.2, -0.15) is 0 Å². The molecule has 4 unspecified atom stereocenters. The van der Waals surface area contributed by atoms with Gasteiger partial charge in [-0.25, -0.2) is 4.90 Å². The molecule has 0 aliphatic rings. The Labute approximate surface area is 398 Å². The summed E-state index contributed by atoms with van der Waals surface area (Å²) in [5.74, 6) is -5.35. The van der Waals surface area contributed by atoms with Gasteiger partial charge in [-0.3, -0.25) is 23.7 Å². The smallest absolute Gasteiger partial charge is 0.346 e. The first-order valence-electron chi connectivity index (χ1n) is 25.4. The van der Waals surface area contributed by atoms with Crippen LogP contribution in [0.5, 0.6) is 0 Å². The zero-order chi connectivity index (χ0) is 48.7. The molecule has 4 atom stereocenters. The lowest BCUT2D eigenvalue weighted by Crippen LogP contribution is -2.62. The third kappa shape index (κ3) is 23.4. The van der Waals surface area contributed by atoms with E-state index in [9.17, 15) is 33.5 Å². The van der Waals surface area contributed by atoms with Crippen molar-refractivity contribution in [1.82, 2.24) is 10.2 Å². The minimum Gasteiger partial charge on any atom is -0.466 e. The van der Waals surface area contributed by atoms with E-state index in [1.807, 2.05) is 54.6 Å². The molecule has 2 aromatic carbocycles.